The molecule has 136 valence electrons. The molecule has 4 rings (SSSR count). The maximum atomic E-state index is 14.1. The van der Waals surface area contributed by atoms with Gasteiger partial charge in [-0.2, -0.15) is 5.26 Å². The predicted molar refractivity (Wildman–Crippen MR) is 102 cm³/mol. The number of aromatic amines is 1. The molecule has 1 aromatic heterocycles. The van der Waals surface area contributed by atoms with Gasteiger partial charge in [0.05, 0.1) is 5.52 Å². The summed E-state index contributed by atoms with van der Waals surface area (Å²) < 4.78 is 33.7. The lowest BCUT2D eigenvalue weighted by atomic mass is 10.00. The Morgan fingerprint density at radius 3 is 2.50 bits per heavy atom. The summed E-state index contributed by atoms with van der Waals surface area (Å²) in [5.74, 6) is -2.56. The zero-order valence-electron chi connectivity index (χ0n) is 14.4. The molecule has 1 heterocycles. The first-order chi connectivity index (χ1) is 13.5. The summed E-state index contributed by atoms with van der Waals surface area (Å²) in [6.45, 7) is 3.39. The quantitative estimate of drug-likeness (QED) is 0.303. The Kier molecular flexibility index (Phi) is 4.13. The smallest absolute Gasteiger partial charge is 0.335 e. The molecule has 6 heteroatoms. The SMILES string of the molecule is C=CC(=O)Oc1c(-c2cc(F)c(C#N)c(F)c2)ccc2c1[nH]c1ccccc12. The molecule has 28 heavy (non-hydrogen) atoms. The van der Waals surface area contributed by atoms with Crippen LogP contribution in [0.5, 0.6) is 5.75 Å². The molecule has 3 aromatic carbocycles. The van der Waals surface area contributed by atoms with E-state index in [1.54, 1.807) is 12.1 Å². The number of nitrogens with zero attached hydrogens (tertiary/aromatic N) is 1. The number of ether oxygens (including phenoxy) is 1. The number of fused-ring (bicyclic) bond motifs is 3. The van der Waals surface area contributed by atoms with Gasteiger partial charge in [0.2, 0.25) is 0 Å². The van der Waals surface area contributed by atoms with Gasteiger partial charge in [0.1, 0.15) is 23.3 Å². The third kappa shape index (κ3) is 2.70. The number of nitrogens with one attached hydrogen (secondary N) is 1. The number of esters is 1. The number of halogens is 2. The average molecular weight is 374 g/mol. The van der Waals surface area contributed by atoms with Gasteiger partial charge in [-0.15, -0.1) is 0 Å². The molecule has 0 unspecified atom stereocenters. The predicted octanol–water partition coefficient (Wildman–Crippen LogP) is 5.23. The van der Waals surface area contributed by atoms with Crippen LogP contribution in [0.15, 0.2) is 61.2 Å². The summed E-state index contributed by atoms with van der Waals surface area (Å²) in [4.78, 5) is 15.1. The molecule has 0 aliphatic heterocycles. The Hall–Kier alpha value is -3.98. The van der Waals surface area contributed by atoms with Crippen molar-refractivity contribution in [1.82, 2.24) is 4.98 Å². The minimum Gasteiger partial charge on any atom is -0.420 e. The van der Waals surface area contributed by atoms with E-state index in [0.29, 0.717) is 11.1 Å². The fourth-order valence-electron chi connectivity index (χ4n) is 3.20. The van der Waals surface area contributed by atoms with E-state index >= 15 is 0 Å². The molecular formula is C22H12F2N2O2. The topological polar surface area (TPSA) is 65.9 Å². The number of H-pyrrole nitrogens is 1. The molecule has 0 spiro atoms. The van der Waals surface area contributed by atoms with Crippen molar-refractivity contribution >= 4 is 27.8 Å². The molecule has 1 N–H and O–H groups in total. The van der Waals surface area contributed by atoms with Gasteiger partial charge in [-0.25, -0.2) is 13.6 Å². The van der Waals surface area contributed by atoms with E-state index < -0.39 is 23.2 Å². The Morgan fingerprint density at radius 1 is 1.11 bits per heavy atom. The van der Waals surface area contributed by atoms with Gasteiger partial charge in [-0.3, -0.25) is 0 Å². The van der Waals surface area contributed by atoms with Crippen LogP contribution >= 0.6 is 0 Å². The first-order valence-corrected chi connectivity index (χ1v) is 8.30. The molecule has 0 saturated carbocycles. The van der Waals surface area contributed by atoms with Crippen molar-refractivity contribution in [3.05, 3.63) is 78.4 Å². The highest BCUT2D eigenvalue weighted by molar-refractivity contribution is 6.11. The molecule has 0 saturated heterocycles. The Labute approximate surface area is 158 Å². The number of rotatable bonds is 3. The fourth-order valence-corrected chi connectivity index (χ4v) is 3.20. The lowest BCUT2D eigenvalue weighted by Gasteiger charge is -2.12. The molecular weight excluding hydrogens is 362 g/mol. The maximum Gasteiger partial charge on any atom is 0.335 e. The van der Waals surface area contributed by atoms with Crippen molar-refractivity contribution in [2.24, 2.45) is 0 Å². The fraction of sp³-hybridized carbons (Fsp3) is 0. The van der Waals surface area contributed by atoms with Crippen molar-refractivity contribution < 1.29 is 18.3 Å². The van der Waals surface area contributed by atoms with Gasteiger partial charge in [-0.05, 0) is 29.8 Å². The zero-order chi connectivity index (χ0) is 19.8. The number of nitriles is 1. The molecule has 4 nitrogen and oxygen atoms in total. The number of hydrogen-bond acceptors (Lipinski definition) is 3. The van der Waals surface area contributed by atoms with Crippen LogP contribution in [0, 0.1) is 23.0 Å². The third-order valence-corrected chi connectivity index (χ3v) is 4.47. The summed E-state index contributed by atoms with van der Waals surface area (Å²) in [6, 6.07) is 14.5. The second-order valence-electron chi connectivity index (χ2n) is 6.09. The van der Waals surface area contributed by atoms with Crippen molar-refractivity contribution in [2.45, 2.75) is 0 Å². The van der Waals surface area contributed by atoms with Gasteiger partial charge < -0.3 is 9.72 Å². The number of carbonyl (C=O) groups excluding carboxylic acids is 1. The lowest BCUT2D eigenvalue weighted by Crippen LogP contribution is -2.05. The number of benzene rings is 3. The summed E-state index contributed by atoms with van der Waals surface area (Å²) >= 11 is 0. The van der Waals surface area contributed by atoms with Gasteiger partial charge in [0, 0.05) is 27.9 Å². The Bertz CT molecular complexity index is 1290. The minimum absolute atomic E-state index is 0.127. The summed E-state index contributed by atoms with van der Waals surface area (Å²) in [5.41, 5.74) is 1.11. The lowest BCUT2D eigenvalue weighted by molar-refractivity contribution is -0.128. The summed E-state index contributed by atoms with van der Waals surface area (Å²) in [5, 5.41) is 10.6. The van der Waals surface area contributed by atoms with Gasteiger partial charge in [0.25, 0.3) is 0 Å². The second-order valence-corrected chi connectivity index (χ2v) is 6.09. The van der Waals surface area contributed by atoms with Crippen molar-refractivity contribution in [2.75, 3.05) is 0 Å². The first kappa shape index (κ1) is 17.4. The van der Waals surface area contributed by atoms with Crippen LogP contribution in [0.3, 0.4) is 0 Å². The van der Waals surface area contributed by atoms with Gasteiger partial charge >= 0.3 is 5.97 Å². The van der Waals surface area contributed by atoms with E-state index in [0.717, 1.165) is 34.5 Å². The third-order valence-electron chi connectivity index (χ3n) is 4.47. The highest BCUT2D eigenvalue weighted by Gasteiger charge is 2.19. The zero-order valence-corrected chi connectivity index (χ0v) is 14.4. The summed E-state index contributed by atoms with van der Waals surface area (Å²) in [7, 11) is 0. The van der Waals surface area contributed by atoms with E-state index in [2.05, 4.69) is 11.6 Å². The van der Waals surface area contributed by atoms with Crippen LogP contribution in [-0.4, -0.2) is 11.0 Å². The average Bonchev–Trinajstić information content (AvgIpc) is 3.07. The van der Waals surface area contributed by atoms with Crippen LogP contribution in [0.25, 0.3) is 32.9 Å². The normalized spacial score (nSPS) is 10.8. The van der Waals surface area contributed by atoms with E-state index in [4.69, 9.17) is 10.00 Å². The maximum absolute atomic E-state index is 14.1. The largest absolute Gasteiger partial charge is 0.420 e. The molecule has 0 amide bonds. The van der Waals surface area contributed by atoms with E-state index in [-0.39, 0.29) is 11.3 Å². The highest BCUT2D eigenvalue weighted by Crippen LogP contribution is 2.40. The molecule has 4 aromatic rings. The van der Waals surface area contributed by atoms with Crippen molar-refractivity contribution in [3.63, 3.8) is 0 Å². The van der Waals surface area contributed by atoms with Crippen LogP contribution < -0.4 is 4.74 Å². The van der Waals surface area contributed by atoms with E-state index in [1.807, 2.05) is 24.3 Å². The minimum atomic E-state index is -0.991. The highest BCUT2D eigenvalue weighted by atomic mass is 19.1. The molecule has 0 aliphatic carbocycles. The number of para-hydroxylation sites is 1. The first-order valence-electron chi connectivity index (χ1n) is 8.30. The van der Waals surface area contributed by atoms with E-state index in [9.17, 15) is 13.6 Å². The monoisotopic (exact) mass is 374 g/mol. The number of hydrogen-bond donors (Lipinski definition) is 1. The molecule has 0 radical (unpaired) electrons. The van der Waals surface area contributed by atoms with Gasteiger partial charge in [-0.1, -0.05) is 30.8 Å². The Morgan fingerprint density at radius 2 is 1.82 bits per heavy atom. The molecule has 0 fully saturated rings. The second kappa shape index (κ2) is 6.63. The van der Waals surface area contributed by atoms with Crippen LogP contribution in [0.2, 0.25) is 0 Å². The van der Waals surface area contributed by atoms with Gasteiger partial charge in [0.15, 0.2) is 5.75 Å². The van der Waals surface area contributed by atoms with Crippen molar-refractivity contribution in [1.29, 1.82) is 5.26 Å². The standard InChI is InChI=1S/C22H12F2N2O2/c1-2-20(27)28-22-13(12-9-17(23)16(11-25)18(24)10-12)7-8-15-14-5-3-4-6-19(14)26-21(15)22/h2-10,26H,1H2. The number of aromatic nitrogens is 1. The van der Waals surface area contributed by atoms with E-state index in [1.165, 1.54) is 6.07 Å². The van der Waals surface area contributed by atoms with Crippen molar-refractivity contribution in [3.8, 4) is 22.9 Å². The Balaban J connectivity index is 2.04. The summed E-state index contributed by atoms with van der Waals surface area (Å²) in [6.07, 6.45) is 1.01. The van der Waals surface area contributed by atoms with Crippen LogP contribution in [0.4, 0.5) is 8.78 Å². The van der Waals surface area contributed by atoms with Crippen LogP contribution in [-0.2, 0) is 4.79 Å². The molecule has 0 aliphatic rings. The molecule has 0 bridgehead atoms. The number of carbonyl (C=O) groups is 1. The molecule has 0 atom stereocenters. The van der Waals surface area contributed by atoms with Crippen LogP contribution in [0.1, 0.15) is 5.56 Å².